The summed E-state index contributed by atoms with van der Waals surface area (Å²) in [5, 5.41) is 4.12. The van der Waals surface area contributed by atoms with Gasteiger partial charge in [0.05, 0.1) is 22.1 Å². The normalized spacial score (nSPS) is 10.8. The Kier molecular flexibility index (Phi) is 3.96. The van der Waals surface area contributed by atoms with Crippen LogP contribution in [0.15, 0.2) is 83.9 Å². The van der Waals surface area contributed by atoms with Crippen molar-refractivity contribution in [2.45, 2.75) is 0 Å². The van der Waals surface area contributed by atoms with Crippen molar-refractivity contribution in [3.05, 3.63) is 94.4 Å². The van der Waals surface area contributed by atoms with Crippen LogP contribution in [0.1, 0.15) is 0 Å². The molecular formula is C20H14ClN3O. The maximum Gasteiger partial charge on any atom is 0.193 e. The molecule has 0 amide bonds. The van der Waals surface area contributed by atoms with Crippen LogP contribution in [0.2, 0.25) is 5.02 Å². The molecule has 0 unspecified atom stereocenters. The Morgan fingerprint density at radius 1 is 0.920 bits per heavy atom. The van der Waals surface area contributed by atoms with Gasteiger partial charge in [-0.25, -0.2) is 0 Å². The fourth-order valence-electron chi connectivity index (χ4n) is 2.85. The predicted molar refractivity (Wildman–Crippen MR) is 102 cm³/mol. The van der Waals surface area contributed by atoms with Crippen LogP contribution in [0.5, 0.6) is 0 Å². The molecule has 25 heavy (non-hydrogen) atoms. The van der Waals surface area contributed by atoms with Gasteiger partial charge in [-0.15, -0.1) is 0 Å². The summed E-state index contributed by atoms with van der Waals surface area (Å²) in [7, 11) is 0. The van der Waals surface area contributed by atoms with E-state index in [1.807, 2.05) is 65.2 Å². The third-order valence-electron chi connectivity index (χ3n) is 3.94. The summed E-state index contributed by atoms with van der Waals surface area (Å²) in [6.45, 7) is 0. The number of hydrogen-bond donors (Lipinski definition) is 1. The number of nitrogens with one attached hydrogen (secondary N) is 1. The van der Waals surface area contributed by atoms with Crippen molar-refractivity contribution >= 4 is 34.0 Å². The smallest absolute Gasteiger partial charge is 0.193 e. The number of benzene rings is 2. The van der Waals surface area contributed by atoms with E-state index in [0.717, 1.165) is 11.4 Å². The van der Waals surface area contributed by atoms with E-state index in [0.29, 0.717) is 21.7 Å². The minimum atomic E-state index is -0.145. The highest BCUT2D eigenvalue weighted by Gasteiger charge is 2.13. The average molecular weight is 348 g/mol. The van der Waals surface area contributed by atoms with E-state index in [2.05, 4.69) is 10.3 Å². The van der Waals surface area contributed by atoms with Crippen LogP contribution in [0.25, 0.3) is 16.6 Å². The summed E-state index contributed by atoms with van der Waals surface area (Å²) in [4.78, 5) is 16.8. The van der Waals surface area contributed by atoms with Crippen LogP contribution < -0.4 is 10.7 Å². The number of anilines is 2. The molecule has 2 heterocycles. The number of pyridine rings is 2. The molecule has 0 aliphatic carbocycles. The molecule has 0 atom stereocenters. The van der Waals surface area contributed by atoms with Crippen LogP contribution in [-0.2, 0) is 0 Å². The summed E-state index contributed by atoms with van der Waals surface area (Å²) in [5.41, 5.74) is 2.31. The van der Waals surface area contributed by atoms with E-state index in [9.17, 15) is 4.79 Å². The minimum Gasteiger partial charge on any atom is -0.341 e. The first-order chi connectivity index (χ1) is 12.2. The maximum absolute atomic E-state index is 12.6. The molecule has 2 aromatic heterocycles. The van der Waals surface area contributed by atoms with Gasteiger partial charge in [0, 0.05) is 23.6 Å². The molecule has 122 valence electrons. The lowest BCUT2D eigenvalue weighted by atomic mass is 10.2. The molecule has 4 rings (SSSR count). The molecular weight excluding hydrogens is 334 g/mol. The summed E-state index contributed by atoms with van der Waals surface area (Å²) >= 11 is 6.24. The Labute approximate surface area is 149 Å². The van der Waals surface area contributed by atoms with E-state index >= 15 is 0 Å². The molecule has 5 heteroatoms. The van der Waals surface area contributed by atoms with Crippen molar-refractivity contribution in [3.8, 4) is 5.69 Å². The van der Waals surface area contributed by atoms with Gasteiger partial charge in [-0.05, 0) is 24.3 Å². The molecule has 0 aliphatic rings. The zero-order valence-electron chi connectivity index (χ0n) is 13.2. The second-order valence-corrected chi connectivity index (χ2v) is 5.98. The number of para-hydroxylation sites is 2. The van der Waals surface area contributed by atoms with Gasteiger partial charge in [0.15, 0.2) is 5.43 Å². The van der Waals surface area contributed by atoms with Crippen molar-refractivity contribution in [1.82, 2.24) is 9.55 Å². The first-order valence-electron chi connectivity index (χ1n) is 7.81. The number of nitrogens with zero attached hydrogens (tertiary/aromatic N) is 2. The van der Waals surface area contributed by atoms with Crippen molar-refractivity contribution in [1.29, 1.82) is 0 Å². The van der Waals surface area contributed by atoms with Gasteiger partial charge in [-0.2, -0.15) is 0 Å². The number of hydrogen-bond acceptors (Lipinski definition) is 3. The Morgan fingerprint density at radius 3 is 2.32 bits per heavy atom. The lowest BCUT2D eigenvalue weighted by molar-refractivity contribution is 1.09. The minimum absolute atomic E-state index is 0.145. The van der Waals surface area contributed by atoms with E-state index in [4.69, 9.17) is 11.6 Å². The third kappa shape index (κ3) is 2.88. The van der Waals surface area contributed by atoms with Gasteiger partial charge in [0.1, 0.15) is 5.82 Å². The SMILES string of the molecule is O=c1cc(Nc2ccccc2)n(-c2ccccc2)c2cncc(Cl)c12. The van der Waals surface area contributed by atoms with Crippen molar-refractivity contribution in [2.24, 2.45) is 0 Å². The molecule has 0 saturated carbocycles. The molecule has 0 spiro atoms. The van der Waals surface area contributed by atoms with E-state index in [1.54, 1.807) is 12.3 Å². The van der Waals surface area contributed by atoms with E-state index < -0.39 is 0 Å². The monoisotopic (exact) mass is 347 g/mol. The summed E-state index contributed by atoms with van der Waals surface area (Å²) in [6, 6.07) is 21.1. The topological polar surface area (TPSA) is 46.9 Å². The van der Waals surface area contributed by atoms with Crippen LogP contribution >= 0.6 is 11.6 Å². The first-order valence-corrected chi connectivity index (χ1v) is 8.18. The highest BCUT2D eigenvalue weighted by Crippen LogP contribution is 2.27. The lowest BCUT2D eigenvalue weighted by Crippen LogP contribution is -2.13. The van der Waals surface area contributed by atoms with E-state index in [-0.39, 0.29) is 5.43 Å². The molecule has 2 aromatic carbocycles. The zero-order valence-corrected chi connectivity index (χ0v) is 13.9. The standard InChI is InChI=1S/C20H14ClN3O/c21-16-12-22-13-17-20(16)18(25)11-19(23-14-7-3-1-4-8-14)24(17)15-9-5-2-6-10-15/h1-13,23H. The van der Waals surface area contributed by atoms with Crippen LogP contribution in [0, 0.1) is 0 Å². The van der Waals surface area contributed by atoms with Crippen LogP contribution in [-0.4, -0.2) is 9.55 Å². The number of rotatable bonds is 3. The molecule has 0 saturated heterocycles. The molecule has 0 bridgehead atoms. The van der Waals surface area contributed by atoms with Gasteiger partial charge >= 0.3 is 0 Å². The van der Waals surface area contributed by atoms with Crippen molar-refractivity contribution < 1.29 is 0 Å². The number of aromatic nitrogens is 2. The lowest BCUT2D eigenvalue weighted by Gasteiger charge is -2.18. The van der Waals surface area contributed by atoms with Gasteiger partial charge in [-0.3, -0.25) is 14.3 Å². The first kappa shape index (κ1) is 15.4. The number of halogens is 1. The predicted octanol–water partition coefficient (Wildman–Crippen LogP) is 4.78. The van der Waals surface area contributed by atoms with Crippen molar-refractivity contribution in [2.75, 3.05) is 5.32 Å². The van der Waals surface area contributed by atoms with Gasteiger partial charge in [-0.1, -0.05) is 48.0 Å². The fourth-order valence-corrected chi connectivity index (χ4v) is 3.09. The van der Waals surface area contributed by atoms with Crippen LogP contribution in [0.4, 0.5) is 11.5 Å². The molecule has 4 aromatic rings. The summed E-state index contributed by atoms with van der Waals surface area (Å²) in [6.07, 6.45) is 3.15. The molecule has 0 fully saturated rings. The summed E-state index contributed by atoms with van der Waals surface area (Å²) < 4.78 is 1.95. The van der Waals surface area contributed by atoms with Crippen molar-refractivity contribution in [3.63, 3.8) is 0 Å². The van der Waals surface area contributed by atoms with Gasteiger partial charge in [0.2, 0.25) is 0 Å². The Bertz CT molecular complexity index is 1090. The van der Waals surface area contributed by atoms with Crippen LogP contribution in [0.3, 0.4) is 0 Å². The van der Waals surface area contributed by atoms with Gasteiger partial charge in [0.25, 0.3) is 0 Å². The Balaban J connectivity index is 2.03. The fraction of sp³-hybridized carbons (Fsp3) is 0. The molecule has 4 nitrogen and oxygen atoms in total. The Morgan fingerprint density at radius 2 is 1.60 bits per heavy atom. The average Bonchev–Trinajstić information content (AvgIpc) is 2.63. The maximum atomic E-state index is 12.6. The zero-order chi connectivity index (χ0) is 17.2. The highest BCUT2D eigenvalue weighted by molar-refractivity contribution is 6.35. The second kappa shape index (κ2) is 6.42. The third-order valence-corrected chi connectivity index (χ3v) is 4.22. The van der Waals surface area contributed by atoms with E-state index in [1.165, 1.54) is 6.20 Å². The molecule has 0 radical (unpaired) electrons. The largest absolute Gasteiger partial charge is 0.341 e. The quantitative estimate of drug-likeness (QED) is 0.580. The Hall–Kier alpha value is -3.11. The number of fused-ring (bicyclic) bond motifs is 1. The molecule has 1 N–H and O–H groups in total. The highest BCUT2D eigenvalue weighted by atomic mass is 35.5. The second-order valence-electron chi connectivity index (χ2n) is 5.57. The molecule has 0 aliphatic heterocycles. The summed E-state index contributed by atoms with van der Waals surface area (Å²) in [5.74, 6) is 0.652. The van der Waals surface area contributed by atoms with Gasteiger partial charge < -0.3 is 5.32 Å².